The van der Waals surface area contributed by atoms with Crippen LogP contribution in [-0.2, 0) is 6.54 Å². The Balaban J connectivity index is 1.93. The van der Waals surface area contributed by atoms with Gasteiger partial charge in [-0.15, -0.1) is 0 Å². The highest BCUT2D eigenvalue weighted by Gasteiger charge is 2.34. The van der Waals surface area contributed by atoms with Gasteiger partial charge in [-0.2, -0.15) is 0 Å². The summed E-state index contributed by atoms with van der Waals surface area (Å²) in [5.74, 6) is -0.678. The van der Waals surface area contributed by atoms with Crippen LogP contribution < -0.4 is 5.73 Å². The number of nitro groups is 1. The first-order chi connectivity index (χ1) is 12.4. The van der Waals surface area contributed by atoms with Gasteiger partial charge in [0.25, 0.3) is 5.69 Å². The summed E-state index contributed by atoms with van der Waals surface area (Å²) >= 11 is 6.34. The average Bonchev–Trinajstić information content (AvgIpc) is 3.44. The number of rotatable bonds is 7. The molecule has 1 saturated carbocycles. The maximum Gasteiger partial charge on any atom is 0.274 e. The number of hydrogen-bond acceptors (Lipinski definition) is 4. The highest BCUT2D eigenvalue weighted by Crippen LogP contribution is 2.38. The number of nitrogens with zero attached hydrogens (tertiary/aromatic N) is 2. The summed E-state index contributed by atoms with van der Waals surface area (Å²) in [6.45, 7) is 2.47. The summed E-state index contributed by atoms with van der Waals surface area (Å²) in [6.07, 6.45) is 2.11. The number of amides is 1. The first-order valence-electron chi connectivity index (χ1n) is 8.45. The Bertz CT molecular complexity index is 852. The summed E-state index contributed by atoms with van der Waals surface area (Å²) in [5.41, 5.74) is 6.86. The monoisotopic (exact) mass is 373 g/mol. The number of carbonyl (C=O) groups excluding carboxylic acids is 1. The molecule has 0 bridgehead atoms. The highest BCUT2D eigenvalue weighted by atomic mass is 35.5. The fraction of sp³-hybridized carbons (Fsp3) is 0.316. The lowest BCUT2D eigenvalue weighted by Crippen LogP contribution is -2.29. The lowest BCUT2D eigenvalue weighted by Gasteiger charge is -2.30. The van der Waals surface area contributed by atoms with Gasteiger partial charge in [-0.1, -0.05) is 35.9 Å². The number of nitro benzene ring substituents is 1. The Morgan fingerprint density at radius 1 is 1.35 bits per heavy atom. The number of hydrogen-bond donors (Lipinski definition) is 1. The van der Waals surface area contributed by atoms with Crippen LogP contribution in [-0.4, -0.2) is 21.8 Å². The van der Waals surface area contributed by atoms with Gasteiger partial charge >= 0.3 is 0 Å². The summed E-state index contributed by atoms with van der Waals surface area (Å²) in [6, 6.07) is 12.4. The van der Waals surface area contributed by atoms with Crippen LogP contribution in [0.3, 0.4) is 0 Å². The van der Waals surface area contributed by atoms with E-state index >= 15 is 0 Å². The minimum Gasteiger partial charge on any atom is -0.366 e. The highest BCUT2D eigenvalue weighted by molar-refractivity contribution is 6.31. The van der Waals surface area contributed by atoms with Gasteiger partial charge in [0.15, 0.2) is 0 Å². The predicted molar refractivity (Wildman–Crippen MR) is 100 cm³/mol. The van der Waals surface area contributed by atoms with Crippen molar-refractivity contribution in [3.8, 4) is 0 Å². The molecule has 1 unspecified atom stereocenters. The van der Waals surface area contributed by atoms with Crippen molar-refractivity contribution in [2.45, 2.75) is 38.4 Å². The summed E-state index contributed by atoms with van der Waals surface area (Å²) in [7, 11) is 0. The fourth-order valence-electron chi connectivity index (χ4n) is 3.20. The topological polar surface area (TPSA) is 89.5 Å². The smallest absolute Gasteiger partial charge is 0.274 e. The normalized spacial score (nSPS) is 15.0. The zero-order valence-electron chi connectivity index (χ0n) is 14.4. The molecular weight excluding hydrogens is 354 g/mol. The Labute approximate surface area is 156 Å². The van der Waals surface area contributed by atoms with Crippen molar-refractivity contribution in [1.29, 1.82) is 0 Å². The molecule has 0 aliphatic heterocycles. The van der Waals surface area contributed by atoms with Crippen LogP contribution >= 0.6 is 11.6 Å². The SMILES string of the molecule is CC(c1ccccc1Cl)N(Cc1ccc(C(N)=O)cc1[N+](=O)[O-])C1CC1. The molecular formula is C19H20ClN3O3. The van der Waals surface area contributed by atoms with Gasteiger partial charge in [-0.25, -0.2) is 0 Å². The van der Waals surface area contributed by atoms with E-state index in [-0.39, 0.29) is 17.3 Å². The molecule has 0 spiro atoms. The van der Waals surface area contributed by atoms with Crippen LogP contribution in [0, 0.1) is 10.1 Å². The van der Waals surface area contributed by atoms with Crippen molar-refractivity contribution in [2.24, 2.45) is 5.73 Å². The Kier molecular flexibility index (Phi) is 5.25. The van der Waals surface area contributed by atoms with Crippen LogP contribution in [0.25, 0.3) is 0 Å². The molecule has 1 atom stereocenters. The van der Waals surface area contributed by atoms with Crippen LogP contribution in [0.15, 0.2) is 42.5 Å². The number of nitrogens with two attached hydrogens (primary N) is 1. The second kappa shape index (κ2) is 7.43. The Morgan fingerprint density at radius 2 is 2.04 bits per heavy atom. The number of primary amides is 1. The standard InChI is InChI=1S/C19H20ClN3O3/c1-12(16-4-2-3-5-17(16)20)22(15-8-9-15)11-14-7-6-13(19(21)24)10-18(14)23(25)26/h2-7,10,12,15H,8-9,11H2,1H3,(H2,21,24). The Hall–Kier alpha value is -2.44. The summed E-state index contributed by atoms with van der Waals surface area (Å²) < 4.78 is 0. The molecule has 6 nitrogen and oxygen atoms in total. The molecule has 3 rings (SSSR count). The van der Waals surface area contributed by atoms with Gasteiger partial charge in [-0.05, 0) is 37.5 Å². The predicted octanol–water partition coefficient (Wildman–Crippen LogP) is 4.07. The van der Waals surface area contributed by atoms with Crippen molar-refractivity contribution in [3.63, 3.8) is 0 Å². The van der Waals surface area contributed by atoms with Crippen LogP contribution in [0.5, 0.6) is 0 Å². The van der Waals surface area contributed by atoms with Gasteiger partial charge in [0.1, 0.15) is 0 Å². The third-order valence-electron chi connectivity index (χ3n) is 4.79. The van der Waals surface area contributed by atoms with E-state index in [0.717, 1.165) is 18.4 Å². The third-order valence-corrected chi connectivity index (χ3v) is 5.13. The molecule has 0 saturated heterocycles. The van der Waals surface area contributed by atoms with E-state index in [9.17, 15) is 14.9 Å². The van der Waals surface area contributed by atoms with Crippen molar-refractivity contribution >= 4 is 23.2 Å². The van der Waals surface area contributed by atoms with Gasteiger partial charge in [0.05, 0.1) is 4.92 Å². The molecule has 1 aliphatic rings. The van der Waals surface area contributed by atoms with Crippen LogP contribution in [0.4, 0.5) is 5.69 Å². The molecule has 26 heavy (non-hydrogen) atoms. The van der Waals surface area contributed by atoms with E-state index in [1.54, 1.807) is 6.07 Å². The minimum atomic E-state index is -0.678. The van der Waals surface area contributed by atoms with Gasteiger partial charge in [0.2, 0.25) is 5.91 Å². The van der Waals surface area contributed by atoms with E-state index in [4.69, 9.17) is 17.3 Å². The number of benzene rings is 2. The summed E-state index contributed by atoms with van der Waals surface area (Å²) in [5, 5.41) is 12.2. The molecule has 0 radical (unpaired) electrons. The first kappa shape index (κ1) is 18.4. The molecule has 7 heteroatoms. The van der Waals surface area contributed by atoms with Crippen molar-refractivity contribution < 1.29 is 9.72 Å². The summed E-state index contributed by atoms with van der Waals surface area (Å²) in [4.78, 5) is 24.6. The lowest BCUT2D eigenvalue weighted by atomic mass is 10.0. The molecule has 2 N–H and O–H groups in total. The molecule has 1 amide bonds. The molecule has 0 aromatic heterocycles. The minimum absolute atomic E-state index is 0.0200. The second-order valence-corrected chi connectivity index (χ2v) is 6.97. The fourth-order valence-corrected chi connectivity index (χ4v) is 3.49. The molecule has 1 fully saturated rings. The molecule has 1 aliphatic carbocycles. The zero-order chi connectivity index (χ0) is 18.8. The molecule has 0 heterocycles. The lowest BCUT2D eigenvalue weighted by molar-refractivity contribution is -0.385. The third kappa shape index (κ3) is 3.86. The number of halogens is 1. The van der Waals surface area contributed by atoms with Crippen LogP contribution in [0.1, 0.15) is 47.3 Å². The van der Waals surface area contributed by atoms with Crippen molar-refractivity contribution in [3.05, 3.63) is 74.3 Å². The largest absolute Gasteiger partial charge is 0.366 e. The Morgan fingerprint density at radius 3 is 2.62 bits per heavy atom. The van der Waals surface area contributed by atoms with E-state index in [2.05, 4.69) is 11.8 Å². The van der Waals surface area contributed by atoms with Crippen molar-refractivity contribution in [1.82, 2.24) is 4.90 Å². The molecule has 2 aromatic rings. The van der Waals surface area contributed by atoms with Gasteiger partial charge in [0, 0.05) is 40.8 Å². The second-order valence-electron chi connectivity index (χ2n) is 6.57. The van der Waals surface area contributed by atoms with E-state index in [0.29, 0.717) is 23.2 Å². The zero-order valence-corrected chi connectivity index (χ0v) is 15.1. The van der Waals surface area contributed by atoms with Crippen LogP contribution in [0.2, 0.25) is 5.02 Å². The number of carbonyl (C=O) groups is 1. The average molecular weight is 374 g/mol. The van der Waals surface area contributed by atoms with Crippen molar-refractivity contribution in [2.75, 3.05) is 0 Å². The van der Waals surface area contributed by atoms with E-state index < -0.39 is 10.8 Å². The van der Waals surface area contributed by atoms with E-state index in [1.165, 1.54) is 12.1 Å². The first-order valence-corrected chi connectivity index (χ1v) is 8.83. The maximum atomic E-state index is 11.5. The quantitative estimate of drug-likeness (QED) is 0.585. The van der Waals surface area contributed by atoms with E-state index in [1.807, 2.05) is 24.3 Å². The molecule has 2 aromatic carbocycles. The van der Waals surface area contributed by atoms with Gasteiger partial charge < -0.3 is 5.73 Å². The molecule has 136 valence electrons. The maximum absolute atomic E-state index is 11.5. The van der Waals surface area contributed by atoms with Gasteiger partial charge in [-0.3, -0.25) is 19.8 Å².